The average Bonchev–Trinajstić information content (AvgIpc) is 2.30. The van der Waals surface area contributed by atoms with Crippen LogP contribution in [0.2, 0.25) is 0 Å². The molecule has 0 heterocycles. The molecular weight excluding hydrogens is 184 g/mol. The second kappa shape index (κ2) is 7.43. The Morgan fingerprint density at radius 1 is 1.07 bits per heavy atom. The molecule has 0 spiro atoms. The van der Waals surface area contributed by atoms with Crippen molar-refractivity contribution < 1.29 is 0 Å². The third kappa shape index (κ3) is 4.96. The van der Waals surface area contributed by atoms with E-state index in [1.165, 1.54) is 11.1 Å². The lowest BCUT2D eigenvalue weighted by Gasteiger charge is -2.04. The Morgan fingerprint density at radius 2 is 1.73 bits per heavy atom. The van der Waals surface area contributed by atoms with Gasteiger partial charge >= 0.3 is 0 Å². The molecule has 84 valence electrons. The van der Waals surface area contributed by atoms with Crippen LogP contribution in [0.1, 0.15) is 24.5 Å². The van der Waals surface area contributed by atoms with Gasteiger partial charge < -0.3 is 11.1 Å². The van der Waals surface area contributed by atoms with Crippen LogP contribution in [-0.4, -0.2) is 19.6 Å². The zero-order valence-electron chi connectivity index (χ0n) is 9.63. The van der Waals surface area contributed by atoms with Gasteiger partial charge in [-0.25, -0.2) is 0 Å². The molecule has 0 atom stereocenters. The molecule has 3 N–H and O–H groups in total. The third-order valence-corrected chi connectivity index (χ3v) is 2.58. The van der Waals surface area contributed by atoms with Crippen LogP contribution in [0.3, 0.4) is 0 Å². The van der Waals surface area contributed by atoms with Gasteiger partial charge in [0.05, 0.1) is 0 Å². The van der Waals surface area contributed by atoms with Crippen molar-refractivity contribution in [2.75, 3.05) is 19.6 Å². The van der Waals surface area contributed by atoms with E-state index in [0.29, 0.717) is 0 Å². The number of nitrogens with one attached hydrogen (secondary N) is 1. The molecule has 0 amide bonds. The van der Waals surface area contributed by atoms with E-state index in [1.54, 1.807) is 0 Å². The van der Waals surface area contributed by atoms with Gasteiger partial charge in [-0.2, -0.15) is 0 Å². The summed E-state index contributed by atoms with van der Waals surface area (Å²) >= 11 is 0. The van der Waals surface area contributed by atoms with E-state index < -0.39 is 0 Å². The highest BCUT2D eigenvalue weighted by atomic mass is 14.8. The van der Waals surface area contributed by atoms with Crippen molar-refractivity contribution >= 4 is 0 Å². The number of hydrogen-bond acceptors (Lipinski definition) is 2. The van der Waals surface area contributed by atoms with Crippen molar-refractivity contribution in [2.45, 2.75) is 26.2 Å². The van der Waals surface area contributed by atoms with Crippen molar-refractivity contribution in [1.82, 2.24) is 5.32 Å². The van der Waals surface area contributed by atoms with Gasteiger partial charge in [-0.3, -0.25) is 0 Å². The van der Waals surface area contributed by atoms with Gasteiger partial charge in [0, 0.05) is 0 Å². The normalized spacial score (nSPS) is 10.5. The van der Waals surface area contributed by atoms with Crippen LogP contribution >= 0.6 is 0 Å². The first-order valence-corrected chi connectivity index (χ1v) is 5.85. The molecule has 1 rings (SSSR count). The summed E-state index contributed by atoms with van der Waals surface area (Å²) in [5.74, 6) is 0. The Balaban J connectivity index is 2.20. The van der Waals surface area contributed by atoms with Crippen molar-refractivity contribution in [3.63, 3.8) is 0 Å². The summed E-state index contributed by atoms with van der Waals surface area (Å²) in [6.45, 7) is 5.04. The van der Waals surface area contributed by atoms with E-state index in [1.807, 2.05) is 0 Å². The predicted molar refractivity (Wildman–Crippen MR) is 66.1 cm³/mol. The molecule has 0 aliphatic rings. The largest absolute Gasteiger partial charge is 0.330 e. The lowest BCUT2D eigenvalue weighted by atomic mass is 10.1. The van der Waals surface area contributed by atoms with Crippen LogP contribution in [0, 0.1) is 0 Å². The van der Waals surface area contributed by atoms with Crippen LogP contribution in [0.4, 0.5) is 0 Å². The molecule has 0 radical (unpaired) electrons. The predicted octanol–water partition coefficient (Wildman–Crippen LogP) is 1.73. The van der Waals surface area contributed by atoms with Gasteiger partial charge in [-0.15, -0.1) is 0 Å². The highest BCUT2D eigenvalue weighted by Crippen LogP contribution is 2.05. The van der Waals surface area contributed by atoms with Gasteiger partial charge in [-0.05, 0) is 50.0 Å². The van der Waals surface area contributed by atoms with Crippen LogP contribution in [0.15, 0.2) is 24.3 Å². The fourth-order valence-corrected chi connectivity index (χ4v) is 1.53. The van der Waals surface area contributed by atoms with Crippen molar-refractivity contribution in [1.29, 1.82) is 0 Å². The molecular formula is C13H22N2. The Hall–Kier alpha value is -0.860. The second-order valence-electron chi connectivity index (χ2n) is 3.81. The van der Waals surface area contributed by atoms with Crippen molar-refractivity contribution in [2.24, 2.45) is 5.73 Å². The molecule has 15 heavy (non-hydrogen) atoms. The first kappa shape index (κ1) is 12.2. The first-order chi connectivity index (χ1) is 7.36. The minimum Gasteiger partial charge on any atom is -0.330 e. The fraction of sp³-hybridized carbons (Fsp3) is 0.538. The van der Waals surface area contributed by atoms with E-state index in [4.69, 9.17) is 5.73 Å². The molecule has 0 saturated carbocycles. The minimum absolute atomic E-state index is 0.776. The van der Waals surface area contributed by atoms with Gasteiger partial charge in [0.2, 0.25) is 0 Å². The van der Waals surface area contributed by atoms with Gasteiger partial charge in [0.1, 0.15) is 0 Å². The highest BCUT2D eigenvalue weighted by Gasteiger charge is 1.93. The zero-order chi connectivity index (χ0) is 10.9. The summed E-state index contributed by atoms with van der Waals surface area (Å²) in [7, 11) is 0. The van der Waals surface area contributed by atoms with E-state index in [-0.39, 0.29) is 0 Å². The van der Waals surface area contributed by atoms with Crippen LogP contribution in [0.5, 0.6) is 0 Å². The SMILES string of the molecule is CCc1ccc(CCNCCCN)cc1. The van der Waals surface area contributed by atoms with E-state index in [2.05, 4.69) is 36.5 Å². The van der Waals surface area contributed by atoms with Crippen LogP contribution in [0.25, 0.3) is 0 Å². The van der Waals surface area contributed by atoms with E-state index >= 15 is 0 Å². The zero-order valence-corrected chi connectivity index (χ0v) is 9.63. The van der Waals surface area contributed by atoms with E-state index in [9.17, 15) is 0 Å². The van der Waals surface area contributed by atoms with Gasteiger partial charge in [0.25, 0.3) is 0 Å². The molecule has 0 aliphatic heterocycles. The first-order valence-electron chi connectivity index (χ1n) is 5.85. The maximum Gasteiger partial charge on any atom is -0.000834 e. The van der Waals surface area contributed by atoms with E-state index in [0.717, 1.165) is 38.9 Å². The maximum absolute atomic E-state index is 5.41. The lowest BCUT2D eigenvalue weighted by molar-refractivity contribution is 0.653. The fourth-order valence-electron chi connectivity index (χ4n) is 1.53. The summed E-state index contributed by atoms with van der Waals surface area (Å²) in [5.41, 5.74) is 8.24. The summed E-state index contributed by atoms with van der Waals surface area (Å²) in [4.78, 5) is 0. The number of benzene rings is 1. The topological polar surface area (TPSA) is 38.0 Å². The Labute approximate surface area is 92.9 Å². The molecule has 0 bridgehead atoms. The smallest absolute Gasteiger partial charge is 0.000834 e. The van der Waals surface area contributed by atoms with Crippen molar-refractivity contribution in [3.8, 4) is 0 Å². The number of aryl methyl sites for hydroxylation is 1. The third-order valence-electron chi connectivity index (χ3n) is 2.58. The Morgan fingerprint density at radius 3 is 2.33 bits per heavy atom. The molecule has 0 fully saturated rings. The highest BCUT2D eigenvalue weighted by molar-refractivity contribution is 5.22. The van der Waals surface area contributed by atoms with Crippen molar-refractivity contribution in [3.05, 3.63) is 35.4 Å². The maximum atomic E-state index is 5.41. The Kier molecular flexibility index (Phi) is 6.05. The molecule has 1 aromatic rings. The summed E-state index contributed by atoms with van der Waals surface area (Å²) in [6, 6.07) is 8.89. The standard InChI is InChI=1S/C13H22N2/c1-2-12-4-6-13(7-5-12)8-11-15-10-3-9-14/h4-7,15H,2-3,8-11,14H2,1H3. The molecule has 0 aromatic heterocycles. The summed E-state index contributed by atoms with van der Waals surface area (Å²) < 4.78 is 0. The lowest BCUT2D eigenvalue weighted by Crippen LogP contribution is -2.20. The summed E-state index contributed by atoms with van der Waals surface area (Å²) in [5, 5.41) is 3.38. The van der Waals surface area contributed by atoms with Crippen LogP contribution < -0.4 is 11.1 Å². The Bertz CT molecular complexity index is 254. The van der Waals surface area contributed by atoms with Crippen LogP contribution in [-0.2, 0) is 12.8 Å². The van der Waals surface area contributed by atoms with Gasteiger partial charge in [0.15, 0.2) is 0 Å². The molecule has 0 unspecified atom stereocenters. The second-order valence-corrected chi connectivity index (χ2v) is 3.81. The molecule has 1 aromatic carbocycles. The molecule has 0 aliphatic carbocycles. The number of rotatable bonds is 7. The number of hydrogen-bond donors (Lipinski definition) is 2. The average molecular weight is 206 g/mol. The van der Waals surface area contributed by atoms with Gasteiger partial charge in [-0.1, -0.05) is 31.2 Å². The summed E-state index contributed by atoms with van der Waals surface area (Å²) in [6.07, 6.45) is 3.29. The minimum atomic E-state index is 0.776. The monoisotopic (exact) mass is 206 g/mol. The molecule has 2 nitrogen and oxygen atoms in total. The number of nitrogens with two attached hydrogens (primary N) is 1. The molecule has 0 saturated heterocycles. The quantitative estimate of drug-likeness (QED) is 0.667. The molecule has 2 heteroatoms.